The molecule has 0 fully saturated rings. The molecule has 3 N–H and O–H groups in total. The highest BCUT2D eigenvalue weighted by molar-refractivity contribution is 6.34. The Labute approximate surface area is 219 Å². The number of aliphatic hydroxyl groups excluding tert-OH is 1. The quantitative estimate of drug-likeness (QED) is 0.281. The molecule has 0 unspecified atom stereocenters. The average molecular weight is 522 g/mol. The molecule has 0 saturated carbocycles. The van der Waals surface area contributed by atoms with Gasteiger partial charge in [-0.15, -0.1) is 10.2 Å². The Bertz CT molecular complexity index is 1380. The van der Waals surface area contributed by atoms with Crippen molar-refractivity contribution in [2.75, 3.05) is 31.3 Å². The molecule has 0 spiro atoms. The molecule has 0 saturated heterocycles. The summed E-state index contributed by atoms with van der Waals surface area (Å²) in [7, 11) is 3.33. The molecule has 192 valence electrons. The Balaban J connectivity index is 1.68. The molecule has 0 bridgehead atoms. The minimum atomic E-state index is -0.444. The van der Waals surface area contributed by atoms with Crippen LogP contribution < -0.4 is 10.6 Å². The zero-order valence-corrected chi connectivity index (χ0v) is 21.7. The Hall–Kier alpha value is -4.02. The zero-order chi connectivity index (χ0) is 26.5. The van der Waals surface area contributed by atoms with E-state index in [1.165, 1.54) is 4.90 Å². The van der Waals surface area contributed by atoms with Crippen LogP contribution in [0.2, 0.25) is 5.02 Å². The van der Waals surface area contributed by atoms with Gasteiger partial charge in [-0.1, -0.05) is 55.8 Å². The molecule has 1 amide bonds. The number of nitrogens with one attached hydrogen (secondary N) is 2. The smallest absolute Gasteiger partial charge is 0.254 e. The number of anilines is 3. The van der Waals surface area contributed by atoms with Crippen molar-refractivity contribution in [2.45, 2.75) is 25.8 Å². The summed E-state index contributed by atoms with van der Waals surface area (Å²) in [5, 5.41) is 25.1. The molecule has 2 heterocycles. The van der Waals surface area contributed by atoms with Crippen LogP contribution >= 0.6 is 11.6 Å². The van der Waals surface area contributed by atoms with Crippen LogP contribution in [0.15, 0.2) is 59.1 Å². The van der Waals surface area contributed by atoms with Gasteiger partial charge in [-0.2, -0.15) is 4.98 Å². The van der Waals surface area contributed by atoms with Crippen molar-refractivity contribution in [3.63, 3.8) is 0 Å². The van der Waals surface area contributed by atoms with E-state index in [1.54, 1.807) is 38.5 Å². The van der Waals surface area contributed by atoms with Crippen LogP contribution in [0.25, 0.3) is 11.5 Å². The van der Waals surface area contributed by atoms with E-state index in [4.69, 9.17) is 16.0 Å². The van der Waals surface area contributed by atoms with Crippen LogP contribution in [0.1, 0.15) is 47.6 Å². The number of aromatic nitrogens is 4. The number of carbonyl (C=O) groups is 1. The van der Waals surface area contributed by atoms with Gasteiger partial charge in [0.25, 0.3) is 11.8 Å². The second-order valence-corrected chi connectivity index (χ2v) is 9.27. The highest BCUT2D eigenvalue weighted by Gasteiger charge is 2.21. The van der Waals surface area contributed by atoms with Crippen LogP contribution in [-0.4, -0.2) is 56.8 Å². The Morgan fingerprint density at radius 2 is 1.89 bits per heavy atom. The summed E-state index contributed by atoms with van der Waals surface area (Å²) < 4.78 is 5.84. The van der Waals surface area contributed by atoms with Crippen LogP contribution in [0, 0.1) is 0 Å². The third-order valence-electron chi connectivity index (χ3n) is 5.51. The predicted molar refractivity (Wildman–Crippen MR) is 142 cm³/mol. The molecule has 10 nitrogen and oxygen atoms in total. The maximum Gasteiger partial charge on any atom is 0.254 e. The number of nitrogens with zero attached hydrogens (tertiary/aromatic N) is 5. The van der Waals surface area contributed by atoms with E-state index < -0.39 is 6.04 Å². The fraction of sp³-hybridized carbons (Fsp3) is 0.269. The van der Waals surface area contributed by atoms with E-state index in [0.29, 0.717) is 33.5 Å². The first-order valence-corrected chi connectivity index (χ1v) is 12.1. The molecule has 0 aliphatic heterocycles. The Morgan fingerprint density at radius 3 is 2.51 bits per heavy atom. The van der Waals surface area contributed by atoms with E-state index in [0.717, 1.165) is 5.56 Å². The summed E-state index contributed by atoms with van der Waals surface area (Å²) in [6.45, 7) is 3.74. The van der Waals surface area contributed by atoms with E-state index >= 15 is 0 Å². The van der Waals surface area contributed by atoms with E-state index in [1.807, 2.05) is 44.2 Å². The largest absolute Gasteiger partial charge is 0.420 e. The summed E-state index contributed by atoms with van der Waals surface area (Å²) in [5.41, 5.74) is 2.36. The van der Waals surface area contributed by atoms with Crippen molar-refractivity contribution in [1.82, 2.24) is 25.1 Å². The lowest BCUT2D eigenvalue weighted by atomic mass is 10.1. The van der Waals surface area contributed by atoms with Gasteiger partial charge in [0, 0.05) is 31.9 Å². The van der Waals surface area contributed by atoms with Crippen molar-refractivity contribution in [2.24, 2.45) is 0 Å². The molecule has 11 heteroatoms. The van der Waals surface area contributed by atoms with Crippen molar-refractivity contribution >= 4 is 35.0 Å². The lowest BCUT2D eigenvalue weighted by Crippen LogP contribution is -2.22. The standard InChI is InChI=1S/C26H28ClN7O3/c1-15(2)23-32-33-24(37-23)19-13-28-26(29-17-10-11-18(20(27)12-17)25(36)34(3)4)31-22(19)30-21(14-35)16-8-6-5-7-9-16/h5-13,15,21,35H,14H2,1-4H3,(H2,28,29,30,31)/t21-/m1/s1. The monoisotopic (exact) mass is 521 g/mol. The second kappa shape index (κ2) is 11.4. The number of benzene rings is 2. The van der Waals surface area contributed by atoms with Crippen molar-refractivity contribution in [1.29, 1.82) is 0 Å². The Kier molecular flexibility index (Phi) is 8.00. The first-order chi connectivity index (χ1) is 17.8. The van der Waals surface area contributed by atoms with Gasteiger partial charge in [-0.3, -0.25) is 4.79 Å². The van der Waals surface area contributed by atoms with Crippen molar-refractivity contribution in [3.05, 3.63) is 76.8 Å². The highest BCUT2D eigenvalue weighted by Crippen LogP contribution is 2.31. The van der Waals surface area contributed by atoms with Crippen LogP contribution in [0.5, 0.6) is 0 Å². The minimum Gasteiger partial charge on any atom is -0.420 e. The molecular formula is C26H28ClN7O3. The topological polar surface area (TPSA) is 129 Å². The molecule has 0 radical (unpaired) electrons. The number of hydrogen-bond donors (Lipinski definition) is 3. The van der Waals surface area contributed by atoms with Gasteiger partial charge in [-0.25, -0.2) is 4.98 Å². The van der Waals surface area contributed by atoms with Crippen molar-refractivity contribution < 1.29 is 14.3 Å². The first kappa shape index (κ1) is 26.1. The minimum absolute atomic E-state index is 0.0566. The molecular weight excluding hydrogens is 494 g/mol. The predicted octanol–water partition coefficient (Wildman–Crippen LogP) is 4.89. The molecule has 4 aromatic rings. The van der Waals surface area contributed by atoms with Crippen LogP contribution in [0.4, 0.5) is 17.5 Å². The lowest BCUT2D eigenvalue weighted by Gasteiger charge is -2.19. The van der Waals surface area contributed by atoms with Gasteiger partial charge in [-0.05, 0) is 23.8 Å². The summed E-state index contributed by atoms with van der Waals surface area (Å²) in [4.78, 5) is 22.8. The van der Waals surface area contributed by atoms with Crippen molar-refractivity contribution in [3.8, 4) is 11.5 Å². The average Bonchev–Trinajstić information content (AvgIpc) is 3.38. The normalized spacial score (nSPS) is 11.9. The molecule has 2 aromatic carbocycles. The summed E-state index contributed by atoms with van der Waals surface area (Å²) in [5.74, 6) is 1.28. The Morgan fingerprint density at radius 1 is 1.14 bits per heavy atom. The van der Waals surface area contributed by atoms with Gasteiger partial charge in [0.1, 0.15) is 5.82 Å². The first-order valence-electron chi connectivity index (χ1n) is 11.7. The second-order valence-electron chi connectivity index (χ2n) is 8.87. The SMILES string of the molecule is CC(C)c1nnc(-c2cnc(Nc3ccc(C(=O)N(C)C)c(Cl)c3)nc2N[C@H](CO)c2ccccc2)o1. The fourth-order valence-corrected chi connectivity index (χ4v) is 3.77. The number of rotatable bonds is 9. The highest BCUT2D eigenvalue weighted by atomic mass is 35.5. The van der Waals surface area contributed by atoms with Gasteiger partial charge in [0.2, 0.25) is 11.8 Å². The number of aliphatic hydroxyl groups is 1. The van der Waals surface area contributed by atoms with E-state index in [2.05, 4.69) is 30.8 Å². The van der Waals surface area contributed by atoms with E-state index in [-0.39, 0.29) is 30.3 Å². The van der Waals surface area contributed by atoms with Gasteiger partial charge in [0.05, 0.1) is 28.8 Å². The van der Waals surface area contributed by atoms with Gasteiger partial charge in [0.15, 0.2) is 0 Å². The molecule has 4 rings (SSSR count). The summed E-state index contributed by atoms with van der Waals surface area (Å²) in [6, 6.07) is 14.1. The number of halogens is 1. The van der Waals surface area contributed by atoms with Gasteiger partial charge >= 0.3 is 0 Å². The maximum atomic E-state index is 12.3. The number of carbonyl (C=O) groups excluding carboxylic acids is 1. The third-order valence-corrected chi connectivity index (χ3v) is 5.82. The lowest BCUT2D eigenvalue weighted by molar-refractivity contribution is 0.0828. The summed E-state index contributed by atoms with van der Waals surface area (Å²) >= 11 is 6.36. The maximum absolute atomic E-state index is 12.3. The molecule has 1 atom stereocenters. The fourth-order valence-electron chi connectivity index (χ4n) is 3.51. The van der Waals surface area contributed by atoms with Crippen LogP contribution in [0.3, 0.4) is 0 Å². The van der Waals surface area contributed by atoms with Crippen LogP contribution in [-0.2, 0) is 0 Å². The molecule has 37 heavy (non-hydrogen) atoms. The van der Waals surface area contributed by atoms with E-state index in [9.17, 15) is 9.90 Å². The molecule has 2 aromatic heterocycles. The summed E-state index contributed by atoms with van der Waals surface area (Å²) in [6.07, 6.45) is 1.57. The third kappa shape index (κ3) is 6.04. The molecule has 0 aliphatic carbocycles. The zero-order valence-electron chi connectivity index (χ0n) is 20.9. The van der Waals surface area contributed by atoms with Gasteiger partial charge < -0.3 is 25.1 Å². The number of amides is 1. The molecule has 0 aliphatic rings. The number of hydrogen-bond acceptors (Lipinski definition) is 9.